The molecule has 0 aliphatic carbocycles. The van der Waals surface area contributed by atoms with Gasteiger partial charge in [-0.1, -0.05) is 13.0 Å². The molecule has 0 fully saturated rings. The first-order valence-corrected chi connectivity index (χ1v) is 11.9. The van der Waals surface area contributed by atoms with Crippen molar-refractivity contribution in [1.29, 1.82) is 0 Å². The number of fused-ring (bicyclic) bond motifs is 2. The summed E-state index contributed by atoms with van der Waals surface area (Å²) in [5.74, 6) is -1.09. The summed E-state index contributed by atoms with van der Waals surface area (Å²) in [4.78, 5) is 21.7. The monoisotopic (exact) mass is 490 g/mol. The maximum atomic E-state index is 14.9. The van der Waals surface area contributed by atoms with Gasteiger partial charge in [0.25, 0.3) is 5.91 Å². The molecule has 4 heterocycles. The molecule has 0 radical (unpaired) electrons. The van der Waals surface area contributed by atoms with Gasteiger partial charge in [0.15, 0.2) is 5.82 Å². The van der Waals surface area contributed by atoms with E-state index in [2.05, 4.69) is 20.4 Å². The number of nitrogens with zero attached hydrogens (tertiary/aromatic N) is 5. The van der Waals surface area contributed by atoms with Crippen molar-refractivity contribution in [1.82, 2.24) is 29.6 Å². The third-order valence-electron chi connectivity index (χ3n) is 6.76. The number of amides is 1. The Labute approximate surface area is 199 Å². The van der Waals surface area contributed by atoms with Gasteiger partial charge in [0.1, 0.15) is 23.2 Å². The lowest BCUT2D eigenvalue weighted by Crippen LogP contribution is -2.31. The molecule has 0 saturated carbocycles. The van der Waals surface area contributed by atoms with Crippen LogP contribution in [0.5, 0.6) is 0 Å². The maximum absolute atomic E-state index is 14.9. The Kier molecular flexibility index (Phi) is 6.10. The second-order valence-corrected chi connectivity index (χ2v) is 9.09. The van der Waals surface area contributed by atoms with Crippen LogP contribution < -0.4 is 5.32 Å². The number of hydrogen-bond acceptors (Lipinski definition) is 4. The predicted molar refractivity (Wildman–Crippen MR) is 119 cm³/mol. The number of aromatic nitrogens is 5. The van der Waals surface area contributed by atoms with Gasteiger partial charge in [0.05, 0.1) is 17.2 Å². The van der Waals surface area contributed by atoms with Crippen molar-refractivity contribution in [3.05, 3.63) is 52.6 Å². The van der Waals surface area contributed by atoms with Gasteiger partial charge in [0.2, 0.25) is 0 Å². The summed E-state index contributed by atoms with van der Waals surface area (Å²) in [6.07, 6.45) is -1.05. The highest BCUT2D eigenvalue weighted by atomic mass is 19.4. The average Bonchev–Trinajstić information content (AvgIpc) is 3.42. The summed E-state index contributed by atoms with van der Waals surface area (Å²) >= 11 is 0. The number of hydrogen-bond donors (Lipinski definition) is 1. The van der Waals surface area contributed by atoms with E-state index in [1.165, 1.54) is 16.8 Å². The van der Waals surface area contributed by atoms with Gasteiger partial charge in [-0.2, -0.15) is 18.3 Å². The smallest absolute Gasteiger partial charge is 0.347 e. The van der Waals surface area contributed by atoms with E-state index in [1.807, 2.05) is 11.5 Å². The third-order valence-corrected chi connectivity index (χ3v) is 6.76. The molecular weight excluding hydrogens is 464 g/mol. The molecule has 35 heavy (non-hydrogen) atoms. The van der Waals surface area contributed by atoms with E-state index >= 15 is 0 Å². The lowest BCUT2D eigenvalue weighted by atomic mass is 9.98. The van der Waals surface area contributed by atoms with Crippen LogP contribution in [-0.2, 0) is 38.9 Å². The van der Waals surface area contributed by atoms with Gasteiger partial charge in [-0.3, -0.25) is 4.79 Å². The van der Waals surface area contributed by atoms with Crippen LogP contribution >= 0.6 is 0 Å². The van der Waals surface area contributed by atoms with Crippen LogP contribution in [-0.4, -0.2) is 36.4 Å². The first kappa shape index (κ1) is 23.5. The molecule has 0 bridgehead atoms. The zero-order valence-electron chi connectivity index (χ0n) is 19.3. The summed E-state index contributed by atoms with van der Waals surface area (Å²) in [7, 11) is 0. The molecule has 0 spiro atoms. The molecule has 1 unspecified atom stereocenters. The molecule has 2 aliphatic heterocycles. The van der Waals surface area contributed by atoms with E-state index in [9.17, 15) is 22.4 Å². The van der Waals surface area contributed by atoms with E-state index in [4.69, 9.17) is 0 Å². The Morgan fingerprint density at radius 3 is 2.74 bits per heavy atom. The number of rotatable bonds is 5. The summed E-state index contributed by atoms with van der Waals surface area (Å²) in [5.41, 5.74) is 2.01. The number of benzene rings is 1. The number of halogens is 4. The second-order valence-electron chi connectivity index (χ2n) is 9.09. The van der Waals surface area contributed by atoms with Gasteiger partial charge >= 0.3 is 6.18 Å². The van der Waals surface area contributed by atoms with Crippen molar-refractivity contribution in [2.24, 2.45) is 5.92 Å². The molecule has 2 aliphatic rings. The average molecular weight is 491 g/mol. The summed E-state index contributed by atoms with van der Waals surface area (Å²) < 4.78 is 57.5. The van der Waals surface area contributed by atoms with Crippen molar-refractivity contribution in [3.63, 3.8) is 0 Å². The van der Waals surface area contributed by atoms with E-state index < -0.39 is 17.9 Å². The fraction of sp³-hybridized carbons (Fsp3) is 0.500. The van der Waals surface area contributed by atoms with Crippen LogP contribution in [0.1, 0.15) is 59.6 Å². The molecule has 1 N–H and O–H groups in total. The SMILES string of the molecule is CCc1nc2n(c1C(=O)NCc1ccc(-c3nc4n(n3)CCC(C(F)(F)F)C4)c(F)c1)CCCC2. The number of carbonyl (C=O) groups is 1. The molecule has 7 nitrogen and oxygen atoms in total. The minimum atomic E-state index is -4.29. The Hall–Kier alpha value is -3.24. The number of imidazole rings is 1. The lowest BCUT2D eigenvalue weighted by molar-refractivity contribution is -0.179. The molecule has 1 amide bonds. The summed E-state index contributed by atoms with van der Waals surface area (Å²) in [6, 6.07) is 4.45. The summed E-state index contributed by atoms with van der Waals surface area (Å²) in [5, 5.41) is 7.08. The summed E-state index contributed by atoms with van der Waals surface area (Å²) in [6.45, 7) is 2.94. The molecular formula is C24H26F4N6O. The van der Waals surface area contributed by atoms with E-state index in [1.54, 1.807) is 6.07 Å². The third kappa shape index (κ3) is 4.55. The zero-order chi connectivity index (χ0) is 24.7. The van der Waals surface area contributed by atoms with Gasteiger partial charge in [-0.15, -0.1) is 0 Å². The van der Waals surface area contributed by atoms with Crippen LogP contribution in [0.25, 0.3) is 11.4 Å². The van der Waals surface area contributed by atoms with Crippen molar-refractivity contribution in [2.75, 3.05) is 0 Å². The van der Waals surface area contributed by atoms with Crippen LogP contribution in [0.3, 0.4) is 0 Å². The molecule has 2 aromatic heterocycles. The maximum Gasteiger partial charge on any atom is 0.392 e. The zero-order valence-corrected chi connectivity index (χ0v) is 19.3. The van der Waals surface area contributed by atoms with Crippen molar-refractivity contribution >= 4 is 5.91 Å². The fourth-order valence-electron chi connectivity index (χ4n) is 4.85. The molecule has 0 saturated heterocycles. The number of nitrogens with one attached hydrogen (secondary N) is 1. The second kappa shape index (κ2) is 9.09. The Balaban J connectivity index is 1.29. The Bertz CT molecular complexity index is 1260. The molecule has 3 aromatic rings. The number of alkyl halides is 3. The van der Waals surface area contributed by atoms with Crippen LogP contribution in [0.15, 0.2) is 18.2 Å². The first-order chi connectivity index (χ1) is 16.7. The predicted octanol–water partition coefficient (Wildman–Crippen LogP) is 4.23. The van der Waals surface area contributed by atoms with Gasteiger partial charge in [-0.05, 0) is 43.4 Å². The minimum absolute atomic E-state index is 0.0642. The van der Waals surface area contributed by atoms with E-state index in [0.29, 0.717) is 17.7 Å². The standard InChI is InChI=1S/C24H26F4N6O/c1-2-18-21(33-9-4-3-5-19(33)30-18)23(35)29-13-14-6-7-16(17(25)11-14)22-31-20-12-15(24(26,27)28)8-10-34(20)32-22/h6-7,11,15H,2-5,8-10,12-13H2,1H3,(H,29,35). The van der Waals surface area contributed by atoms with Gasteiger partial charge in [0, 0.05) is 32.5 Å². The minimum Gasteiger partial charge on any atom is -0.347 e. The highest BCUT2D eigenvalue weighted by Gasteiger charge is 2.42. The molecule has 11 heteroatoms. The molecule has 1 atom stereocenters. The molecule has 5 rings (SSSR count). The van der Waals surface area contributed by atoms with Gasteiger partial charge < -0.3 is 9.88 Å². The van der Waals surface area contributed by atoms with Crippen LogP contribution in [0.2, 0.25) is 0 Å². The van der Waals surface area contributed by atoms with Crippen molar-refractivity contribution in [2.45, 2.75) is 71.3 Å². The Morgan fingerprint density at radius 1 is 1.17 bits per heavy atom. The number of carbonyl (C=O) groups excluding carboxylic acids is 1. The highest BCUT2D eigenvalue weighted by Crippen LogP contribution is 2.35. The Morgan fingerprint density at radius 2 is 2.00 bits per heavy atom. The molecule has 186 valence electrons. The fourth-order valence-corrected chi connectivity index (χ4v) is 4.85. The van der Waals surface area contributed by atoms with Crippen molar-refractivity contribution < 1.29 is 22.4 Å². The normalized spacial score (nSPS) is 17.7. The van der Waals surface area contributed by atoms with E-state index in [0.717, 1.165) is 37.3 Å². The first-order valence-electron chi connectivity index (χ1n) is 11.9. The molecule has 1 aromatic carbocycles. The quantitative estimate of drug-likeness (QED) is 0.543. The van der Waals surface area contributed by atoms with Crippen molar-refractivity contribution in [3.8, 4) is 11.4 Å². The highest BCUT2D eigenvalue weighted by molar-refractivity contribution is 5.94. The number of aryl methyl sites for hydroxylation is 3. The van der Waals surface area contributed by atoms with Crippen LogP contribution in [0, 0.1) is 11.7 Å². The van der Waals surface area contributed by atoms with E-state index in [-0.39, 0.29) is 49.1 Å². The topological polar surface area (TPSA) is 77.6 Å². The lowest BCUT2D eigenvalue weighted by Gasteiger charge is -2.24. The largest absolute Gasteiger partial charge is 0.392 e. The van der Waals surface area contributed by atoms with Crippen LogP contribution in [0.4, 0.5) is 17.6 Å². The van der Waals surface area contributed by atoms with Gasteiger partial charge in [-0.25, -0.2) is 19.0 Å².